The molecule has 0 atom stereocenters. The molecule has 2 saturated carbocycles. The molecular weight excluding hydrogens is 304 g/mol. The van der Waals surface area contributed by atoms with Crippen molar-refractivity contribution in [1.82, 2.24) is 0 Å². The van der Waals surface area contributed by atoms with Gasteiger partial charge in [0.1, 0.15) is 12.2 Å². The Labute approximate surface area is 135 Å². The fraction of sp³-hybridized carbons (Fsp3) is 0.812. The molecule has 7 nitrogen and oxygen atoms in total. The minimum atomic E-state index is -2.48. The number of hydrogen-bond donors (Lipinski definition) is 2. The number of carboxylic acid groups (broad SMARTS) is 1. The van der Waals surface area contributed by atoms with Crippen LogP contribution in [-0.4, -0.2) is 45.9 Å². The van der Waals surface area contributed by atoms with Gasteiger partial charge in [-0.2, -0.15) is 0 Å². The van der Waals surface area contributed by atoms with E-state index in [-0.39, 0.29) is 12.2 Å². The van der Waals surface area contributed by atoms with E-state index in [2.05, 4.69) is 0 Å². The van der Waals surface area contributed by atoms with E-state index in [0.717, 1.165) is 51.4 Å². The third kappa shape index (κ3) is 5.20. The topological polar surface area (TPSA) is 110 Å². The van der Waals surface area contributed by atoms with Gasteiger partial charge in [-0.15, -0.1) is 0 Å². The lowest BCUT2D eigenvalue weighted by Gasteiger charge is -2.23. The molecule has 0 heterocycles. The van der Waals surface area contributed by atoms with Crippen molar-refractivity contribution in [3.63, 3.8) is 0 Å². The summed E-state index contributed by atoms with van der Waals surface area (Å²) >= 11 is 0. The fourth-order valence-electron chi connectivity index (χ4n) is 3.16. The van der Waals surface area contributed by atoms with Crippen molar-refractivity contribution in [2.24, 2.45) is 0 Å². The molecule has 2 fully saturated rings. The molecule has 0 aromatic rings. The summed E-state index contributed by atoms with van der Waals surface area (Å²) in [7, 11) is 0. The van der Waals surface area contributed by atoms with Crippen LogP contribution in [0.5, 0.6) is 0 Å². The maximum atomic E-state index is 11.8. The lowest BCUT2D eigenvalue weighted by atomic mass is 9.95. The zero-order valence-corrected chi connectivity index (χ0v) is 13.2. The molecular formula is C16H24O7. The van der Waals surface area contributed by atoms with E-state index in [1.54, 1.807) is 0 Å². The molecule has 130 valence electrons. The quantitative estimate of drug-likeness (QED) is 0.682. The number of aliphatic hydroxyl groups is 1. The van der Waals surface area contributed by atoms with Crippen LogP contribution in [0.25, 0.3) is 0 Å². The minimum absolute atomic E-state index is 0.217. The first kappa shape index (κ1) is 17.7. The Bertz CT molecular complexity index is 415. The molecule has 2 rings (SSSR count). The van der Waals surface area contributed by atoms with Crippen LogP contribution in [0.15, 0.2) is 0 Å². The van der Waals surface area contributed by atoms with E-state index >= 15 is 0 Å². The molecule has 0 bridgehead atoms. The van der Waals surface area contributed by atoms with E-state index < -0.39 is 36.4 Å². The molecule has 2 aliphatic carbocycles. The highest BCUT2D eigenvalue weighted by atomic mass is 16.6. The first-order valence-corrected chi connectivity index (χ1v) is 8.24. The number of ether oxygens (including phenoxy) is 2. The standard InChI is InChI=1S/C16H24O7/c17-13(22-11-5-1-2-6-11)9-16(21,15(19)20)10-14(18)23-12-7-3-4-8-12/h11-12,21H,1-10H2,(H,19,20). The summed E-state index contributed by atoms with van der Waals surface area (Å²) in [4.78, 5) is 35.0. The average molecular weight is 328 g/mol. The number of aliphatic carboxylic acids is 1. The van der Waals surface area contributed by atoms with Gasteiger partial charge in [-0.25, -0.2) is 4.79 Å². The molecule has 23 heavy (non-hydrogen) atoms. The Morgan fingerprint density at radius 2 is 1.17 bits per heavy atom. The van der Waals surface area contributed by atoms with Crippen molar-refractivity contribution >= 4 is 17.9 Å². The SMILES string of the molecule is O=C(CC(O)(CC(=O)OC1CCCC1)C(=O)O)OC1CCCC1. The van der Waals surface area contributed by atoms with Crippen LogP contribution in [-0.2, 0) is 23.9 Å². The number of carboxylic acids is 1. The summed E-state index contributed by atoms with van der Waals surface area (Å²) in [6, 6.07) is 0. The zero-order chi connectivity index (χ0) is 16.9. The van der Waals surface area contributed by atoms with Gasteiger partial charge in [0, 0.05) is 0 Å². The Morgan fingerprint density at radius 3 is 1.48 bits per heavy atom. The lowest BCUT2D eigenvalue weighted by molar-refractivity contribution is -0.176. The van der Waals surface area contributed by atoms with E-state index in [1.165, 1.54) is 0 Å². The van der Waals surface area contributed by atoms with E-state index in [4.69, 9.17) is 9.47 Å². The largest absolute Gasteiger partial charge is 0.479 e. The molecule has 0 radical (unpaired) electrons. The summed E-state index contributed by atoms with van der Waals surface area (Å²) in [5.74, 6) is -3.21. The third-order valence-electron chi connectivity index (χ3n) is 4.47. The second-order valence-corrected chi connectivity index (χ2v) is 6.48. The van der Waals surface area contributed by atoms with Crippen LogP contribution in [0.3, 0.4) is 0 Å². The number of carbonyl (C=O) groups is 3. The van der Waals surface area contributed by atoms with E-state index in [9.17, 15) is 24.6 Å². The summed E-state index contributed by atoms with van der Waals surface area (Å²) < 4.78 is 10.3. The highest BCUT2D eigenvalue weighted by Gasteiger charge is 2.43. The predicted molar refractivity (Wildman–Crippen MR) is 78.5 cm³/mol. The molecule has 0 unspecified atom stereocenters. The second kappa shape index (κ2) is 7.77. The van der Waals surface area contributed by atoms with Gasteiger partial charge in [-0.3, -0.25) is 9.59 Å². The van der Waals surface area contributed by atoms with Gasteiger partial charge in [0.2, 0.25) is 0 Å². The number of hydrogen-bond acceptors (Lipinski definition) is 6. The first-order chi connectivity index (χ1) is 10.9. The molecule has 0 aliphatic heterocycles. The summed E-state index contributed by atoms with van der Waals surface area (Å²) in [6.07, 6.45) is 4.94. The first-order valence-electron chi connectivity index (χ1n) is 8.24. The van der Waals surface area contributed by atoms with E-state index in [1.807, 2.05) is 0 Å². The van der Waals surface area contributed by atoms with Crippen LogP contribution in [0.2, 0.25) is 0 Å². The lowest BCUT2D eigenvalue weighted by Crippen LogP contribution is -2.44. The summed E-state index contributed by atoms with van der Waals surface area (Å²) in [6.45, 7) is 0. The molecule has 0 aromatic carbocycles. The molecule has 0 amide bonds. The maximum absolute atomic E-state index is 11.8. The van der Waals surface area contributed by atoms with Crippen molar-refractivity contribution in [3.05, 3.63) is 0 Å². The Balaban J connectivity index is 1.87. The number of esters is 2. The van der Waals surface area contributed by atoms with Crippen molar-refractivity contribution in [1.29, 1.82) is 0 Å². The highest BCUT2D eigenvalue weighted by Crippen LogP contribution is 2.26. The smallest absolute Gasteiger partial charge is 0.336 e. The van der Waals surface area contributed by atoms with Crippen molar-refractivity contribution in [3.8, 4) is 0 Å². The van der Waals surface area contributed by atoms with Crippen molar-refractivity contribution in [2.45, 2.75) is 82.0 Å². The number of rotatable bonds is 7. The van der Waals surface area contributed by atoms with Crippen LogP contribution in [0, 0.1) is 0 Å². The fourth-order valence-corrected chi connectivity index (χ4v) is 3.16. The molecule has 0 saturated heterocycles. The molecule has 7 heteroatoms. The molecule has 2 aliphatic rings. The van der Waals surface area contributed by atoms with Gasteiger partial charge in [0.15, 0.2) is 5.60 Å². The highest BCUT2D eigenvalue weighted by molar-refractivity contribution is 5.89. The van der Waals surface area contributed by atoms with Crippen molar-refractivity contribution < 1.29 is 34.1 Å². The van der Waals surface area contributed by atoms with Gasteiger partial charge < -0.3 is 19.7 Å². The van der Waals surface area contributed by atoms with Gasteiger partial charge in [0.25, 0.3) is 0 Å². The molecule has 0 aromatic heterocycles. The monoisotopic (exact) mass is 328 g/mol. The zero-order valence-electron chi connectivity index (χ0n) is 13.2. The van der Waals surface area contributed by atoms with Crippen LogP contribution >= 0.6 is 0 Å². The van der Waals surface area contributed by atoms with Gasteiger partial charge >= 0.3 is 17.9 Å². The van der Waals surface area contributed by atoms with Crippen molar-refractivity contribution in [2.75, 3.05) is 0 Å². The molecule has 0 spiro atoms. The van der Waals surface area contributed by atoms with Crippen LogP contribution in [0.4, 0.5) is 0 Å². The number of carbonyl (C=O) groups excluding carboxylic acids is 2. The Hall–Kier alpha value is -1.63. The molecule has 2 N–H and O–H groups in total. The van der Waals surface area contributed by atoms with Gasteiger partial charge in [0.05, 0.1) is 12.8 Å². The minimum Gasteiger partial charge on any atom is -0.479 e. The third-order valence-corrected chi connectivity index (χ3v) is 4.47. The average Bonchev–Trinajstić information content (AvgIpc) is 3.11. The van der Waals surface area contributed by atoms with Crippen LogP contribution in [0.1, 0.15) is 64.2 Å². The van der Waals surface area contributed by atoms with Gasteiger partial charge in [-0.05, 0) is 51.4 Å². The summed E-state index contributed by atoms with van der Waals surface area (Å²) in [5, 5.41) is 19.4. The summed E-state index contributed by atoms with van der Waals surface area (Å²) in [5.41, 5.74) is -2.48. The van der Waals surface area contributed by atoms with E-state index in [0.29, 0.717) is 0 Å². The Kier molecular flexibility index (Phi) is 5.98. The normalized spacial score (nSPS) is 19.7. The second-order valence-electron chi connectivity index (χ2n) is 6.48. The van der Waals surface area contributed by atoms with Gasteiger partial charge in [-0.1, -0.05) is 0 Å². The maximum Gasteiger partial charge on any atom is 0.336 e. The predicted octanol–water partition coefficient (Wildman–Crippen LogP) is 1.55. The Morgan fingerprint density at radius 1 is 0.826 bits per heavy atom. The van der Waals surface area contributed by atoms with Crippen LogP contribution < -0.4 is 0 Å².